The number of methoxy groups -OCH3 is 1. The molecule has 0 radical (unpaired) electrons. The standard InChI is InChI=1S/C14H19NO2/c1-4-10-9-15(5-2)13-8-11(14(16)17-3)6-7-12(10)13/h6-8,10H,4-5,9H2,1-3H3. The molecule has 1 aliphatic rings. The smallest absolute Gasteiger partial charge is 0.337 e. The van der Waals surface area contributed by atoms with Crippen molar-refractivity contribution in [3.05, 3.63) is 29.3 Å². The summed E-state index contributed by atoms with van der Waals surface area (Å²) in [6.07, 6.45) is 1.14. The SMILES string of the molecule is CCC1CN(CC)c2cc(C(=O)OC)ccc21. The van der Waals surface area contributed by atoms with E-state index in [1.54, 1.807) is 0 Å². The van der Waals surface area contributed by atoms with Crippen LogP contribution in [0.3, 0.4) is 0 Å². The molecule has 0 bridgehead atoms. The first-order valence-electron chi connectivity index (χ1n) is 6.18. The highest BCUT2D eigenvalue weighted by atomic mass is 16.5. The summed E-state index contributed by atoms with van der Waals surface area (Å²) in [7, 11) is 1.42. The number of carbonyl (C=O) groups excluding carboxylic acids is 1. The number of rotatable bonds is 3. The maximum absolute atomic E-state index is 11.5. The topological polar surface area (TPSA) is 29.5 Å². The second-order valence-corrected chi connectivity index (χ2v) is 4.41. The Hall–Kier alpha value is -1.51. The van der Waals surface area contributed by atoms with E-state index < -0.39 is 0 Å². The van der Waals surface area contributed by atoms with Crippen LogP contribution in [-0.2, 0) is 4.74 Å². The molecule has 17 heavy (non-hydrogen) atoms. The van der Waals surface area contributed by atoms with Gasteiger partial charge < -0.3 is 9.64 Å². The summed E-state index contributed by atoms with van der Waals surface area (Å²) in [4.78, 5) is 13.8. The fourth-order valence-electron chi connectivity index (χ4n) is 2.52. The number of hydrogen-bond acceptors (Lipinski definition) is 3. The Kier molecular flexibility index (Phi) is 3.36. The molecule has 3 nitrogen and oxygen atoms in total. The Balaban J connectivity index is 2.40. The van der Waals surface area contributed by atoms with Crippen LogP contribution in [0.15, 0.2) is 18.2 Å². The van der Waals surface area contributed by atoms with Gasteiger partial charge in [-0.2, -0.15) is 0 Å². The number of likely N-dealkylation sites (N-methyl/N-ethyl adjacent to an activating group) is 1. The van der Waals surface area contributed by atoms with Crippen LogP contribution in [0, 0.1) is 0 Å². The van der Waals surface area contributed by atoms with E-state index in [-0.39, 0.29) is 5.97 Å². The van der Waals surface area contributed by atoms with Gasteiger partial charge >= 0.3 is 5.97 Å². The van der Waals surface area contributed by atoms with Crippen LogP contribution in [-0.4, -0.2) is 26.2 Å². The van der Waals surface area contributed by atoms with Crippen molar-refractivity contribution in [2.45, 2.75) is 26.2 Å². The third-order valence-electron chi connectivity index (χ3n) is 3.55. The summed E-state index contributed by atoms with van der Waals surface area (Å²) in [6, 6.07) is 5.90. The number of nitrogens with zero attached hydrogens (tertiary/aromatic N) is 1. The van der Waals surface area contributed by atoms with E-state index in [0.29, 0.717) is 11.5 Å². The van der Waals surface area contributed by atoms with Crippen LogP contribution in [0.2, 0.25) is 0 Å². The maximum Gasteiger partial charge on any atom is 0.337 e. The van der Waals surface area contributed by atoms with E-state index in [0.717, 1.165) is 19.5 Å². The van der Waals surface area contributed by atoms with Crippen molar-refractivity contribution in [2.75, 3.05) is 25.1 Å². The molecule has 0 amide bonds. The van der Waals surface area contributed by atoms with Crippen molar-refractivity contribution in [1.29, 1.82) is 0 Å². The molecule has 3 heteroatoms. The predicted molar refractivity (Wildman–Crippen MR) is 68.7 cm³/mol. The van der Waals surface area contributed by atoms with Crippen LogP contribution in [0.4, 0.5) is 5.69 Å². The second-order valence-electron chi connectivity index (χ2n) is 4.41. The Morgan fingerprint density at radius 2 is 2.24 bits per heavy atom. The number of esters is 1. The predicted octanol–water partition coefficient (Wildman–Crippen LogP) is 2.81. The first-order valence-corrected chi connectivity index (χ1v) is 6.18. The Bertz CT molecular complexity index is 428. The van der Waals surface area contributed by atoms with Gasteiger partial charge in [0.05, 0.1) is 12.7 Å². The van der Waals surface area contributed by atoms with Gasteiger partial charge in [-0.15, -0.1) is 0 Å². The summed E-state index contributed by atoms with van der Waals surface area (Å²) in [5.41, 5.74) is 3.20. The molecule has 0 aromatic heterocycles. The quantitative estimate of drug-likeness (QED) is 0.752. The number of ether oxygens (including phenoxy) is 1. The molecular weight excluding hydrogens is 214 g/mol. The number of fused-ring (bicyclic) bond motifs is 1. The van der Waals surface area contributed by atoms with Crippen LogP contribution in [0.1, 0.15) is 42.1 Å². The van der Waals surface area contributed by atoms with Gasteiger partial charge in [0, 0.05) is 24.7 Å². The summed E-state index contributed by atoms with van der Waals surface area (Å²) in [5, 5.41) is 0. The lowest BCUT2D eigenvalue weighted by Crippen LogP contribution is -2.21. The van der Waals surface area contributed by atoms with E-state index in [1.165, 1.54) is 18.4 Å². The molecule has 0 aliphatic carbocycles. The minimum atomic E-state index is -0.260. The molecule has 0 saturated heterocycles. The van der Waals surface area contributed by atoms with Crippen molar-refractivity contribution in [1.82, 2.24) is 0 Å². The maximum atomic E-state index is 11.5. The van der Waals surface area contributed by atoms with E-state index in [9.17, 15) is 4.79 Å². The molecule has 0 N–H and O–H groups in total. The summed E-state index contributed by atoms with van der Waals surface area (Å²) >= 11 is 0. The monoisotopic (exact) mass is 233 g/mol. The largest absolute Gasteiger partial charge is 0.465 e. The lowest BCUT2D eigenvalue weighted by Gasteiger charge is -2.17. The number of benzene rings is 1. The van der Waals surface area contributed by atoms with Gasteiger partial charge in [-0.1, -0.05) is 13.0 Å². The normalized spacial score (nSPS) is 18.1. The molecule has 1 unspecified atom stereocenters. The first-order chi connectivity index (χ1) is 8.21. The fourth-order valence-corrected chi connectivity index (χ4v) is 2.52. The molecule has 1 aromatic rings. The zero-order valence-electron chi connectivity index (χ0n) is 10.7. The van der Waals surface area contributed by atoms with Gasteiger partial charge in [0.25, 0.3) is 0 Å². The third kappa shape index (κ3) is 2.02. The van der Waals surface area contributed by atoms with E-state index in [2.05, 4.69) is 24.8 Å². The van der Waals surface area contributed by atoms with Crippen LogP contribution < -0.4 is 4.90 Å². The van der Waals surface area contributed by atoms with Crippen molar-refractivity contribution in [2.24, 2.45) is 0 Å². The number of anilines is 1. The molecule has 0 fully saturated rings. The average Bonchev–Trinajstić information content (AvgIpc) is 2.74. The summed E-state index contributed by atoms with van der Waals surface area (Å²) in [5.74, 6) is 0.334. The molecule has 1 heterocycles. The molecule has 2 rings (SSSR count). The minimum Gasteiger partial charge on any atom is -0.465 e. The van der Waals surface area contributed by atoms with Gasteiger partial charge in [0.2, 0.25) is 0 Å². The molecule has 0 saturated carbocycles. The summed E-state index contributed by atoms with van der Waals surface area (Å²) in [6.45, 7) is 6.40. The van der Waals surface area contributed by atoms with Gasteiger partial charge in [-0.3, -0.25) is 0 Å². The van der Waals surface area contributed by atoms with Crippen LogP contribution in [0.25, 0.3) is 0 Å². The molecule has 0 spiro atoms. The Morgan fingerprint density at radius 1 is 1.47 bits per heavy atom. The average molecular weight is 233 g/mol. The van der Waals surface area contributed by atoms with Gasteiger partial charge in [-0.05, 0) is 31.0 Å². The van der Waals surface area contributed by atoms with Crippen LogP contribution >= 0.6 is 0 Å². The lowest BCUT2D eigenvalue weighted by molar-refractivity contribution is 0.0601. The summed E-state index contributed by atoms with van der Waals surface area (Å²) < 4.78 is 4.76. The van der Waals surface area contributed by atoms with Gasteiger partial charge in [-0.25, -0.2) is 4.79 Å². The van der Waals surface area contributed by atoms with Crippen molar-refractivity contribution < 1.29 is 9.53 Å². The highest BCUT2D eigenvalue weighted by Gasteiger charge is 2.27. The highest BCUT2D eigenvalue weighted by Crippen LogP contribution is 2.38. The highest BCUT2D eigenvalue weighted by molar-refractivity contribution is 5.91. The Morgan fingerprint density at radius 3 is 2.82 bits per heavy atom. The van der Waals surface area contributed by atoms with E-state index in [4.69, 9.17) is 4.74 Å². The molecular formula is C14H19NO2. The first kappa shape index (κ1) is 12.0. The van der Waals surface area contributed by atoms with E-state index >= 15 is 0 Å². The molecule has 1 aromatic carbocycles. The Labute approximate surface area is 102 Å². The van der Waals surface area contributed by atoms with Gasteiger partial charge in [0.1, 0.15) is 0 Å². The number of carbonyl (C=O) groups is 1. The lowest BCUT2D eigenvalue weighted by atomic mass is 9.98. The zero-order chi connectivity index (χ0) is 12.4. The molecule has 1 aliphatic heterocycles. The van der Waals surface area contributed by atoms with Gasteiger partial charge in [0.15, 0.2) is 0 Å². The molecule has 92 valence electrons. The van der Waals surface area contributed by atoms with Crippen molar-refractivity contribution in [3.63, 3.8) is 0 Å². The van der Waals surface area contributed by atoms with Crippen molar-refractivity contribution >= 4 is 11.7 Å². The minimum absolute atomic E-state index is 0.260. The van der Waals surface area contributed by atoms with E-state index in [1.807, 2.05) is 12.1 Å². The molecule has 1 atom stereocenters. The number of hydrogen-bond donors (Lipinski definition) is 0. The van der Waals surface area contributed by atoms with Crippen molar-refractivity contribution in [3.8, 4) is 0 Å². The second kappa shape index (κ2) is 4.78. The fraction of sp³-hybridized carbons (Fsp3) is 0.500. The third-order valence-corrected chi connectivity index (χ3v) is 3.55. The zero-order valence-corrected chi connectivity index (χ0v) is 10.7. The van der Waals surface area contributed by atoms with Crippen LogP contribution in [0.5, 0.6) is 0 Å².